The van der Waals surface area contributed by atoms with Crippen molar-refractivity contribution in [2.45, 2.75) is 32.7 Å². The van der Waals surface area contributed by atoms with E-state index >= 15 is 0 Å². The fraction of sp³-hybridized carbons (Fsp3) is 0.556. The Morgan fingerprint density at radius 3 is 2.91 bits per heavy atom. The summed E-state index contributed by atoms with van der Waals surface area (Å²) in [5, 5.41) is 4.19. The van der Waals surface area contributed by atoms with Crippen molar-refractivity contribution < 1.29 is 0 Å². The summed E-state index contributed by atoms with van der Waals surface area (Å²) in [6.45, 7) is 6.97. The number of nitrogens with zero attached hydrogens (tertiary/aromatic N) is 2. The molecule has 11 heavy (non-hydrogen) atoms. The van der Waals surface area contributed by atoms with Gasteiger partial charge in [-0.05, 0) is 19.4 Å². The lowest BCUT2D eigenvalue weighted by molar-refractivity contribution is 0.552. The van der Waals surface area contributed by atoms with Gasteiger partial charge in [-0.1, -0.05) is 19.8 Å². The lowest BCUT2D eigenvalue weighted by Gasteiger charge is -1.98. The van der Waals surface area contributed by atoms with Crippen LogP contribution in [0.4, 0.5) is 0 Å². The molecule has 0 N–H and O–H groups in total. The third-order valence-electron chi connectivity index (χ3n) is 1.69. The number of unbranched alkanes of at least 4 members (excludes halogenated alkanes) is 2. The van der Waals surface area contributed by atoms with Crippen molar-refractivity contribution in [2.24, 2.45) is 0 Å². The van der Waals surface area contributed by atoms with Gasteiger partial charge in [-0.15, -0.1) is 0 Å². The van der Waals surface area contributed by atoms with E-state index in [-0.39, 0.29) is 0 Å². The highest BCUT2D eigenvalue weighted by atomic mass is 15.3. The zero-order valence-corrected chi connectivity index (χ0v) is 7.08. The first kappa shape index (κ1) is 8.31. The lowest BCUT2D eigenvalue weighted by Crippen LogP contribution is -1.98. The van der Waals surface area contributed by atoms with E-state index in [0.717, 1.165) is 12.2 Å². The minimum Gasteiger partial charge on any atom is -0.272 e. The normalized spacial score (nSPS) is 10.4. The molecule has 0 fully saturated rings. The number of hydrogen-bond acceptors (Lipinski definition) is 1. The predicted octanol–water partition coefficient (Wildman–Crippen LogP) is 2.26. The van der Waals surface area contributed by atoms with Gasteiger partial charge < -0.3 is 0 Å². The number of rotatable bonds is 4. The Hall–Kier alpha value is -0.790. The van der Waals surface area contributed by atoms with Crippen LogP contribution in [-0.2, 0) is 6.54 Å². The molecule has 0 spiro atoms. The summed E-state index contributed by atoms with van der Waals surface area (Å²) < 4.78 is 1.96. The maximum absolute atomic E-state index is 4.19. The Morgan fingerprint density at radius 1 is 1.55 bits per heavy atom. The minimum atomic E-state index is 0.862. The molecule has 0 unspecified atom stereocenters. The smallest absolute Gasteiger partial charge is 0.0628 e. The Labute approximate surface area is 68.2 Å². The molecule has 0 atom stereocenters. The minimum absolute atomic E-state index is 0.862. The van der Waals surface area contributed by atoms with Crippen molar-refractivity contribution in [1.29, 1.82) is 0 Å². The van der Waals surface area contributed by atoms with Gasteiger partial charge in [-0.3, -0.25) is 4.68 Å². The molecule has 1 rings (SSSR count). The van der Waals surface area contributed by atoms with Gasteiger partial charge in [-0.25, -0.2) is 0 Å². The molecular weight excluding hydrogens is 136 g/mol. The fourth-order valence-electron chi connectivity index (χ4n) is 1.05. The van der Waals surface area contributed by atoms with Gasteiger partial charge in [0.15, 0.2) is 0 Å². The van der Waals surface area contributed by atoms with Crippen LogP contribution in [-0.4, -0.2) is 9.78 Å². The molecule has 0 saturated carbocycles. The summed E-state index contributed by atoms with van der Waals surface area (Å²) in [5.74, 6) is 0. The molecule has 0 aromatic carbocycles. The van der Waals surface area contributed by atoms with Crippen LogP contribution in [0.5, 0.6) is 0 Å². The number of aryl methyl sites for hydroxylation is 1. The monoisotopic (exact) mass is 151 g/mol. The van der Waals surface area contributed by atoms with Gasteiger partial charge in [0.1, 0.15) is 0 Å². The highest BCUT2D eigenvalue weighted by Crippen LogP contribution is 1.98. The topological polar surface area (TPSA) is 17.8 Å². The molecule has 0 aliphatic rings. The lowest BCUT2D eigenvalue weighted by atomic mass is 10.2. The van der Waals surface area contributed by atoms with Crippen LogP contribution in [0, 0.1) is 6.92 Å². The van der Waals surface area contributed by atoms with Crippen molar-refractivity contribution in [3.8, 4) is 0 Å². The molecule has 0 saturated heterocycles. The zero-order valence-electron chi connectivity index (χ0n) is 7.08. The first-order chi connectivity index (χ1) is 5.33. The van der Waals surface area contributed by atoms with Crippen molar-refractivity contribution in [3.63, 3.8) is 0 Å². The third kappa shape index (κ3) is 2.74. The maximum Gasteiger partial charge on any atom is 0.0628 e. The third-order valence-corrected chi connectivity index (χ3v) is 1.69. The van der Waals surface area contributed by atoms with Crippen molar-refractivity contribution in [1.82, 2.24) is 9.78 Å². The van der Waals surface area contributed by atoms with Crippen LogP contribution in [0.2, 0.25) is 0 Å². The van der Waals surface area contributed by atoms with Crippen LogP contribution in [0.25, 0.3) is 0 Å². The molecular formula is C9H15N2. The zero-order chi connectivity index (χ0) is 8.10. The van der Waals surface area contributed by atoms with Gasteiger partial charge in [0.05, 0.1) is 5.69 Å². The molecule has 1 radical (unpaired) electrons. The van der Waals surface area contributed by atoms with Gasteiger partial charge in [0.2, 0.25) is 0 Å². The quantitative estimate of drug-likeness (QED) is 0.603. The molecule has 1 aromatic heterocycles. The van der Waals surface area contributed by atoms with E-state index in [1.165, 1.54) is 19.3 Å². The van der Waals surface area contributed by atoms with E-state index in [4.69, 9.17) is 0 Å². The van der Waals surface area contributed by atoms with Gasteiger partial charge >= 0.3 is 0 Å². The summed E-state index contributed by atoms with van der Waals surface area (Å²) >= 11 is 0. The molecule has 1 heterocycles. The maximum atomic E-state index is 4.19. The highest BCUT2D eigenvalue weighted by Gasteiger charge is 1.92. The molecule has 0 aliphatic heterocycles. The fourth-order valence-corrected chi connectivity index (χ4v) is 1.05. The summed E-state index contributed by atoms with van der Waals surface area (Å²) in [6.07, 6.45) is 5.75. The van der Waals surface area contributed by atoms with Crippen molar-refractivity contribution in [3.05, 3.63) is 24.9 Å². The van der Waals surface area contributed by atoms with Gasteiger partial charge in [0, 0.05) is 12.7 Å². The van der Waals surface area contributed by atoms with Crippen LogP contribution >= 0.6 is 0 Å². The van der Waals surface area contributed by atoms with Crippen LogP contribution in [0.15, 0.2) is 12.3 Å². The summed E-state index contributed by atoms with van der Waals surface area (Å²) in [7, 11) is 0. The molecule has 1 aromatic rings. The Balaban J connectivity index is 2.27. The summed E-state index contributed by atoms with van der Waals surface area (Å²) in [6, 6.07) is 1.94. The van der Waals surface area contributed by atoms with Gasteiger partial charge in [-0.2, -0.15) is 5.10 Å². The van der Waals surface area contributed by atoms with E-state index in [2.05, 4.69) is 18.9 Å². The van der Waals surface area contributed by atoms with Crippen LogP contribution < -0.4 is 0 Å². The van der Waals surface area contributed by atoms with Gasteiger partial charge in [0.25, 0.3) is 0 Å². The van der Waals surface area contributed by atoms with E-state index in [0.29, 0.717) is 0 Å². The molecule has 61 valence electrons. The summed E-state index contributed by atoms with van der Waals surface area (Å²) in [4.78, 5) is 0. The first-order valence-electron chi connectivity index (χ1n) is 4.18. The highest BCUT2D eigenvalue weighted by molar-refractivity contribution is 5.01. The average Bonchev–Trinajstić information content (AvgIpc) is 2.37. The Morgan fingerprint density at radius 2 is 2.36 bits per heavy atom. The first-order valence-corrected chi connectivity index (χ1v) is 4.18. The molecule has 0 amide bonds. The van der Waals surface area contributed by atoms with E-state index in [1.54, 1.807) is 0 Å². The molecule has 0 aliphatic carbocycles. The Kier molecular flexibility index (Phi) is 3.14. The molecule has 2 nitrogen and oxygen atoms in total. The predicted molar refractivity (Wildman–Crippen MR) is 46.2 cm³/mol. The largest absolute Gasteiger partial charge is 0.272 e. The second-order valence-corrected chi connectivity index (χ2v) is 2.78. The second-order valence-electron chi connectivity index (χ2n) is 2.78. The number of hydrogen-bond donors (Lipinski definition) is 0. The van der Waals surface area contributed by atoms with E-state index in [1.807, 2.05) is 16.9 Å². The molecule has 0 bridgehead atoms. The van der Waals surface area contributed by atoms with Crippen LogP contribution in [0.1, 0.15) is 31.9 Å². The van der Waals surface area contributed by atoms with Crippen LogP contribution in [0.3, 0.4) is 0 Å². The Bertz CT molecular complexity index is 203. The molecule has 2 heteroatoms. The second kappa shape index (κ2) is 4.16. The van der Waals surface area contributed by atoms with E-state index < -0.39 is 0 Å². The standard InChI is InChI=1S/C9H15N2/c1-3-4-5-7-11-8-6-9(2)10-11/h6,8H,2-5,7H2,1H3. The SMILES string of the molecule is [CH2]c1ccn(CCCCC)n1. The summed E-state index contributed by atoms with van der Waals surface area (Å²) in [5.41, 5.74) is 0.862. The van der Waals surface area contributed by atoms with Crippen molar-refractivity contribution >= 4 is 0 Å². The van der Waals surface area contributed by atoms with Crippen molar-refractivity contribution in [2.75, 3.05) is 0 Å². The van der Waals surface area contributed by atoms with E-state index in [9.17, 15) is 0 Å². The average molecular weight is 151 g/mol. The number of aromatic nitrogens is 2.